The Hall–Kier alpha value is -1.84. The van der Waals surface area contributed by atoms with Crippen molar-refractivity contribution in [3.05, 3.63) is 70.7 Å². The first kappa shape index (κ1) is 16.0. The highest BCUT2D eigenvalue weighted by atomic mass is 35.5. The molecule has 23 heavy (non-hydrogen) atoms. The van der Waals surface area contributed by atoms with Crippen LogP contribution >= 0.6 is 11.6 Å². The largest absolute Gasteiger partial charge is 0.394 e. The van der Waals surface area contributed by atoms with Crippen LogP contribution in [0.5, 0.6) is 0 Å². The Morgan fingerprint density at radius 1 is 1.13 bits per heavy atom. The molecule has 1 saturated carbocycles. The Bertz CT molecular complexity index is 666. The fourth-order valence-corrected chi connectivity index (χ4v) is 3.05. The van der Waals surface area contributed by atoms with E-state index in [1.807, 2.05) is 54.6 Å². The monoisotopic (exact) mass is 329 g/mol. The van der Waals surface area contributed by atoms with E-state index in [1.165, 1.54) is 0 Å². The Labute approximate surface area is 141 Å². The van der Waals surface area contributed by atoms with E-state index in [0.29, 0.717) is 11.4 Å². The SMILES string of the molecule is O=C(N[C@@H](CO)Cc1ccccc1)C1(c2ccc(Cl)cc2)CC1. The van der Waals surface area contributed by atoms with E-state index in [4.69, 9.17) is 11.6 Å². The van der Waals surface area contributed by atoms with E-state index < -0.39 is 5.41 Å². The molecule has 2 N–H and O–H groups in total. The highest BCUT2D eigenvalue weighted by molar-refractivity contribution is 6.30. The molecule has 120 valence electrons. The maximum Gasteiger partial charge on any atom is 0.230 e. The van der Waals surface area contributed by atoms with Gasteiger partial charge >= 0.3 is 0 Å². The Balaban J connectivity index is 1.69. The molecule has 1 fully saturated rings. The highest BCUT2D eigenvalue weighted by Gasteiger charge is 2.51. The van der Waals surface area contributed by atoms with E-state index in [2.05, 4.69) is 5.32 Å². The van der Waals surface area contributed by atoms with Gasteiger partial charge in [0.25, 0.3) is 0 Å². The van der Waals surface area contributed by atoms with Gasteiger partial charge in [-0.05, 0) is 42.5 Å². The van der Waals surface area contributed by atoms with E-state index in [9.17, 15) is 9.90 Å². The summed E-state index contributed by atoms with van der Waals surface area (Å²) in [4.78, 5) is 12.7. The van der Waals surface area contributed by atoms with Gasteiger partial charge in [0.05, 0.1) is 18.1 Å². The second-order valence-corrected chi connectivity index (χ2v) is 6.57. The second-order valence-electron chi connectivity index (χ2n) is 6.13. The second kappa shape index (κ2) is 6.73. The van der Waals surface area contributed by atoms with Gasteiger partial charge in [-0.15, -0.1) is 0 Å². The first-order valence-electron chi connectivity index (χ1n) is 7.86. The van der Waals surface area contributed by atoms with Crippen molar-refractivity contribution in [3.63, 3.8) is 0 Å². The fourth-order valence-electron chi connectivity index (χ4n) is 2.92. The third-order valence-electron chi connectivity index (χ3n) is 4.46. The summed E-state index contributed by atoms with van der Waals surface area (Å²) >= 11 is 5.93. The summed E-state index contributed by atoms with van der Waals surface area (Å²) in [5.74, 6) is -0.00481. The van der Waals surface area contributed by atoms with Crippen LogP contribution in [-0.2, 0) is 16.6 Å². The molecule has 1 amide bonds. The fraction of sp³-hybridized carbons (Fsp3) is 0.316. The normalized spacial score (nSPS) is 16.6. The first-order valence-corrected chi connectivity index (χ1v) is 8.24. The molecule has 1 aliphatic rings. The smallest absolute Gasteiger partial charge is 0.230 e. The molecule has 0 saturated heterocycles. The van der Waals surface area contributed by atoms with Crippen LogP contribution in [0, 0.1) is 0 Å². The van der Waals surface area contributed by atoms with E-state index in [0.717, 1.165) is 24.0 Å². The van der Waals surface area contributed by atoms with Crippen LogP contribution in [0.2, 0.25) is 5.02 Å². The van der Waals surface area contributed by atoms with Crippen LogP contribution in [0.4, 0.5) is 0 Å². The van der Waals surface area contributed by atoms with Gasteiger partial charge in [-0.25, -0.2) is 0 Å². The lowest BCUT2D eigenvalue weighted by Gasteiger charge is -2.21. The van der Waals surface area contributed by atoms with Crippen molar-refractivity contribution in [2.75, 3.05) is 6.61 Å². The molecule has 1 aliphatic carbocycles. The molecule has 2 aromatic carbocycles. The summed E-state index contributed by atoms with van der Waals surface area (Å²) in [5, 5.41) is 13.3. The molecule has 2 aromatic rings. The summed E-state index contributed by atoms with van der Waals surface area (Å²) in [6, 6.07) is 17.1. The van der Waals surface area contributed by atoms with E-state index in [-0.39, 0.29) is 18.6 Å². The molecule has 0 radical (unpaired) electrons. The van der Waals surface area contributed by atoms with Crippen molar-refractivity contribution >= 4 is 17.5 Å². The van der Waals surface area contributed by atoms with Gasteiger partial charge in [-0.2, -0.15) is 0 Å². The van der Waals surface area contributed by atoms with Gasteiger partial charge in [-0.1, -0.05) is 54.1 Å². The first-order chi connectivity index (χ1) is 11.1. The number of hydrogen-bond donors (Lipinski definition) is 2. The number of aliphatic hydroxyl groups is 1. The number of nitrogens with one attached hydrogen (secondary N) is 1. The van der Waals surface area contributed by atoms with Crippen LogP contribution in [-0.4, -0.2) is 23.7 Å². The highest BCUT2D eigenvalue weighted by Crippen LogP contribution is 2.48. The summed E-state index contributed by atoms with van der Waals surface area (Å²) in [6.45, 7) is -0.0721. The number of amides is 1. The van der Waals surface area contributed by atoms with Crippen molar-refractivity contribution in [2.45, 2.75) is 30.7 Å². The Kier molecular flexibility index (Phi) is 4.69. The van der Waals surface area contributed by atoms with Crippen molar-refractivity contribution in [1.82, 2.24) is 5.32 Å². The molecule has 0 heterocycles. The minimum Gasteiger partial charge on any atom is -0.394 e. The van der Waals surface area contributed by atoms with E-state index >= 15 is 0 Å². The average Bonchev–Trinajstić information content (AvgIpc) is 3.37. The van der Waals surface area contributed by atoms with Crippen molar-refractivity contribution in [3.8, 4) is 0 Å². The Morgan fingerprint density at radius 2 is 1.78 bits per heavy atom. The van der Waals surface area contributed by atoms with Gasteiger partial charge in [0, 0.05) is 5.02 Å². The molecule has 3 rings (SSSR count). The van der Waals surface area contributed by atoms with Gasteiger partial charge in [0.2, 0.25) is 5.91 Å². The lowest BCUT2D eigenvalue weighted by atomic mass is 9.94. The van der Waals surface area contributed by atoms with Crippen LogP contribution in [0.1, 0.15) is 24.0 Å². The molecular weight excluding hydrogens is 310 g/mol. The molecule has 1 atom stereocenters. The zero-order valence-corrected chi connectivity index (χ0v) is 13.6. The van der Waals surface area contributed by atoms with Gasteiger partial charge < -0.3 is 10.4 Å². The number of hydrogen-bond acceptors (Lipinski definition) is 2. The molecular formula is C19H20ClNO2. The number of rotatable bonds is 6. The van der Waals surface area contributed by atoms with Crippen LogP contribution < -0.4 is 5.32 Å². The van der Waals surface area contributed by atoms with Crippen LogP contribution in [0.3, 0.4) is 0 Å². The number of carbonyl (C=O) groups is 1. The summed E-state index contributed by atoms with van der Waals surface area (Å²) in [7, 11) is 0. The lowest BCUT2D eigenvalue weighted by Crippen LogP contribution is -2.44. The molecule has 0 aliphatic heterocycles. The zero-order valence-electron chi connectivity index (χ0n) is 12.8. The predicted molar refractivity (Wildman–Crippen MR) is 91.5 cm³/mol. The summed E-state index contributed by atoms with van der Waals surface area (Å²) in [5.41, 5.74) is 1.65. The Morgan fingerprint density at radius 3 is 2.35 bits per heavy atom. The molecule has 0 bridgehead atoms. The van der Waals surface area contributed by atoms with Crippen LogP contribution in [0.25, 0.3) is 0 Å². The molecule has 0 spiro atoms. The molecule has 3 nitrogen and oxygen atoms in total. The topological polar surface area (TPSA) is 49.3 Å². The molecule has 0 unspecified atom stereocenters. The van der Waals surface area contributed by atoms with Gasteiger partial charge in [0.15, 0.2) is 0 Å². The van der Waals surface area contributed by atoms with Gasteiger partial charge in [0.1, 0.15) is 0 Å². The van der Waals surface area contributed by atoms with Crippen molar-refractivity contribution in [1.29, 1.82) is 0 Å². The summed E-state index contributed by atoms with van der Waals surface area (Å²) < 4.78 is 0. The van der Waals surface area contributed by atoms with Crippen LogP contribution in [0.15, 0.2) is 54.6 Å². The third kappa shape index (κ3) is 3.57. The molecule has 4 heteroatoms. The number of benzene rings is 2. The average molecular weight is 330 g/mol. The van der Waals surface area contributed by atoms with E-state index in [1.54, 1.807) is 0 Å². The quantitative estimate of drug-likeness (QED) is 0.855. The standard InChI is InChI=1S/C19H20ClNO2/c20-16-8-6-15(7-9-16)19(10-11-19)18(23)21-17(13-22)12-14-4-2-1-3-5-14/h1-9,17,22H,10-13H2,(H,21,23)/t17-/m1/s1. The summed E-state index contributed by atoms with van der Waals surface area (Å²) in [6.07, 6.45) is 2.30. The maximum absolute atomic E-state index is 12.7. The van der Waals surface area contributed by atoms with Gasteiger partial charge in [-0.3, -0.25) is 4.79 Å². The lowest BCUT2D eigenvalue weighted by molar-refractivity contribution is -0.124. The number of aliphatic hydroxyl groups excluding tert-OH is 1. The minimum absolute atomic E-state index is 0.00481. The van der Waals surface area contributed by atoms with Crippen molar-refractivity contribution in [2.24, 2.45) is 0 Å². The van der Waals surface area contributed by atoms with Crippen molar-refractivity contribution < 1.29 is 9.90 Å². The number of halogens is 1. The molecule has 0 aromatic heterocycles. The third-order valence-corrected chi connectivity index (χ3v) is 4.71. The predicted octanol–water partition coefficient (Wildman–Crippen LogP) is 3.09. The minimum atomic E-state index is -0.450. The maximum atomic E-state index is 12.7. The zero-order chi connectivity index (χ0) is 16.3. The number of carbonyl (C=O) groups excluding carboxylic acids is 1.